The molecule has 9 heteroatoms. The highest BCUT2D eigenvalue weighted by Crippen LogP contribution is 2.29. The van der Waals surface area contributed by atoms with Crippen LogP contribution >= 0.6 is 0 Å². The molecule has 0 aliphatic carbocycles. The number of hydrogen-bond acceptors (Lipinski definition) is 3. The molecule has 0 saturated heterocycles. The first kappa shape index (κ1) is 21.6. The number of rotatable bonds is 5. The summed E-state index contributed by atoms with van der Waals surface area (Å²) in [7, 11) is 0. The third-order valence-corrected chi connectivity index (χ3v) is 5.40. The third kappa shape index (κ3) is 4.51. The second kappa shape index (κ2) is 8.49. The van der Waals surface area contributed by atoms with Crippen molar-refractivity contribution in [1.29, 1.82) is 0 Å². The molecule has 0 unspecified atom stereocenters. The molecule has 2 aromatic carbocycles. The van der Waals surface area contributed by atoms with E-state index in [0.29, 0.717) is 18.7 Å². The van der Waals surface area contributed by atoms with Crippen LogP contribution in [0.5, 0.6) is 0 Å². The van der Waals surface area contributed by atoms with Crippen LogP contribution in [0, 0.1) is 0 Å². The predicted molar refractivity (Wildman–Crippen MR) is 111 cm³/mol. The van der Waals surface area contributed by atoms with Crippen LogP contribution in [-0.2, 0) is 19.3 Å². The second-order valence-corrected chi connectivity index (χ2v) is 7.67. The number of fused-ring (bicyclic) bond motifs is 1. The molecule has 0 bridgehead atoms. The molecule has 0 fully saturated rings. The van der Waals surface area contributed by atoms with Crippen LogP contribution in [0.2, 0.25) is 0 Å². The molecular formula is C23H21F3N4O2. The zero-order chi connectivity index (χ0) is 22.9. The normalized spacial score (nSPS) is 14.8. The molecule has 0 saturated carbocycles. The Bertz CT molecular complexity index is 1120. The Morgan fingerprint density at radius 2 is 1.78 bits per heavy atom. The van der Waals surface area contributed by atoms with Gasteiger partial charge in [-0.3, -0.25) is 14.3 Å². The Kier molecular flexibility index (Phi) is 5.73. The average molecular weight is 442 g/mol. The van der Waals surface area contributed by atoms with E-state index in [9.17, 15) is 22.8 Å². The fourth-order valence-electron chi connectivity index (χ4n) is 3.62. The lowest BCUT2D eigenvalue weighted by Gasteiger charge is -2.27. The monoisotopic (exact) mass is 442 g/mol. The van der Waals surface area contributed by atoms with Gasteiger partial charge in [0.25, 0.3) is 11.8 Å². The minimum Gasteiger partial charge on any atom is -0.344 e. The van der Waals surface area contributed by atoms with E-state index >= 15 is 0 Å². The maximum Gasteiger partial charge on any atom is 0.416 e. The van der Waals surface area contributed by atoms with Crippen LogP contribution < -0.4 is 5.32 Å². The van der Waals surface area contributed by atoms with Crippen molar-refractivity contribution in [3.05, 3.63) is 88.7 Å². The van der Waals surface area contributed by atoms with Crippen LogP contribution in [-0.4, -0.2) is 33.0 Å². The summed E-state index contributed by atoms with van der Waals surface area (Å²) in [6.45, 7) is 2.77. The van der Waals surface area contributed by atoms with Crippen molar-refractivity contribution in [1.82, 2.24) is 20.0 Å². The first-order valence-electron chi connectivity index (χ1n) is 10.1. The molecule has 0 radical (unpaired) electrons. The summed E-state index contributed by atoms with van der Waals surface area (Å²) in [6, 6.07) is 15.4. The van der Waals surface area contributed by atoms with Crippen LogP contribution in [0.3, 0.4) is 0 Å². The number of nitrogens with one attached hydrogen (secondary N) is 1. The van der Waals surface area contributed by atoms with Gasteiger partial charge in [-0.15, -0.1) is 0 Å². The number of nitrogens with zero attached hydrogens (tertiary/aromatic N) is 3. The van der Waals surface area contributed by atoms with Crippen molar-refractivity contribution in [2.75, 3.05) is 6.54 Å². The molecule has 3 aromatic rings. The Morgan fingerprint density at radius 3 is 2.44 bits per heavy atom. The van der Waals surface area contributed by atoms with E-state index in [2.05, 4.69) is 10.4 Å². The lowest BCUT2D eigenvalue weighted by Crippen LogP contribution is -2.39. The second-order valence-electron chi connectivity index (χ2n) is 7.67. The molecule has 1 aromatic heterocycles. The van der Waals surface area contributed by atoms with Gasteiger partial charge in [0.15, 0.2) is 5.69 Å². The van der Waals surface area contributed by atoms with Crippen LogP contribution in [0.4, 0.5) is 13.2 Å². The summed E-state index contributed by atoms with van der Waals surface area (Å²) in [6.07, 6.45) is -4.40. The van der Waals surface area contributed by atoms with Gasteiger partial charge in [0.05, 0.1) is 18.2 Å². The fourth-order valence-corrected chi connectivity index (χ4v) is 3.62. The minimum absolute atomic E-state index is 0.146. The maximum atomic E-state index is 12.9. The molecule has 1 aliphatic rings. The van der Waals surface area contributed by atoms with E-state index < -0.39 is 11.7 Å². The number of aromatic nitrogens is 2. The summed E-state index contributed by atoms with van der Waals surface area (Å²) in [5.41, 5.74) is 1.23. The minimum atomic E-state index is -4.40. The lowest BCUT2D eigenvalue weighted by atomic mass is 10.1. The van der Waals surface area contributed by atoms with Crippen molar-refractivity contribution >= 4 is 11.8 Å². The number of carbonyl (C=O) groups is 2. The van der Waals surface area contributed by atoms with Gasteiger partial charge >= 0.3 is 6.18 Å². The molecule has 4 rings (SSSR count). The van der Waals surface area contributed by atoms with Gasteiger partial charge in [-0.05, 0) is 30.2 Å². The summed E-state index contributed by atoms with van der Waals surface area (Å²) in [5, 5.41) is 7.13. The van der Waals surface area contributed by atoms with Crippen LogP contribution in [0.25, 0.3) is 0 Å². The molecule has 2 heterocycles. The number of halogens is 3. The first-order valence-corrected chi connectivity index (χ1v) is 10.1. The molecule has 32 heavy (non-hydrogen) atoms. The number of amides is 2. The summed E-state index contributed by atoms with van der Waals surface area (Å²) in [5.74, 6) is -0.704. The molecule has 166 valence electrons. The van der Waals surface area contributed by atoms with E-state index in [-0.39, 0.29) is 35.8 Å². The van der Waals surface area contributed by atoms with Crippen LogP contribution in [0.1, 0.15) is 50.6 Å². The Balaban J connectivity index is 1.44. The number of carbonyl (C=O) groups excluding carboxylic acids is 2. The van der Waals surface area contributed by atoms with Gasteiger partial charge in [0, 0.05) is 19.2 Å². The average Bonchev–Trinajstić information content (AvgIpc) is 3.21. The van der Waals surface area contributed by atoms with Gasteiger partial charge < -0.3 is 10.2 Å². The number of hydrogen-bond donors (Lipinski definition) is 1. The van der Waals surface area contributed by atoms with Crippen LogP contribution in [0.15, 0.2) is 60.7 Å². The fraction of sp³-hybridized carbons (Fsp3) is 0.261. The molecular weight excluding hydrogens is 421 g/mol. The van der Waals surface area contributed by atoms with Gasteiger partial charge in [-0.1, -0.05) is 42.5 Å². The Morgan fingerprint density at radius 1 is 1.09 bits per heavy atom. The Labute approximate surface area is 182 Å². The smallest absolute Gasteiger partial charge is 0.344 e. The quantitative estimate of drug-likeness (QED) is 0.648. The van der Waals surface area contributed by atoms with Gasteiger partial charge in [-0.25, -0.2) is 0 Å². The largest absolute Gasteiger partial charge is 0.416 e. The van der Waals surface area contributed by atoms with Crippen molar-refractivity contribution in [3.63, 3.8) is 0 Å². The SMILES string of the molecule is C[C@@H](NC(=O)c1cc2n(n1)CCN(Cc1ccc(C(F)(F)F)cc1)C2=O)c1ccccc1. The molecule has 1 N–H and O–H groups in total. The predicted octanol–water partition coefficient (Wildman–Crippen LogP) is 4.05. The molecule has 0 spiro atoms. The summed E-state index contributed by atoms with van der Waals surface area (Å²) >= 11 is 0. The van der Waals surface area contributed by atoms with E-state index in [4.69, 9.17) is 0 Å². The third-order valence-electron chi connectivity index (χ3n) is 5.40. The summed E-state index contributed by atoms with van der Waals surface area (Å²) < 4.78 is 39.7. The molecule has 1 aliphatic heterocycles. The van der Waals surface area contributed by atoms with Crippen molar-refractivity contribution < 1.29 is 22.8 Å². The van der Waals surface area contributed by atoms with Crippen molar-refractivity contribution in [3.8, 4) is 0 Å². The lowest BCUT2D eigenvalue weighted by molar-refractivity contribution is -0.137. The summed E-state index contributed by atoms with van der Waals surface area (Å²) in [4.78, 5) is 27.1. The van der Waals surface area contributed by atoms with Crippen molar-refractivity contribution in [2.45, 2.75) is 32.2 Å². The van der Waals surface area contributed by atoms with Gasteiger partial charge in [-0.2, -0.15) is 18.3 Å². The molecule has 2 amide bonds. The number of alkyl halides is 3. The van der Waals surface area contributed by atoms with E-state index in [1.54, 1.807) is 0 Å². The first-order chi connectivity index (χ1) is 15.2. The zero-order valence-corrected chi connectivity index (χ0v) is 17.3. The molecule has 1 atom stereocenters. The number of benzene rings is 2. The topological polar surface area (TPSA) is 67.2 Å². The van der Waals surface area contributed by atoms with E-state index in [1.807, 2.05) is 37.3 Å². The zero-order valence-electron chi connectivity index (χ0n) is 17.3. The Hall–Kier alpha value is -3.62. The van der Waals surface area contributed by atoms with Gasteiger partial charge in [0.1, 0.15) is 5.69 Å². The standard InChI is InChI=1S/C23H21F3N4O2/c1-15(17-5-3-2-4-6-17)27-21(31)19-13-20-22(32)29(11-12-30(20)28-19)14-16-7-9-18(10-8-16)23(24,25)26/h2-10,13,15H,11-12,14H2,1H3,(H,27,31)/t15-/m1/s1. The molecule has 6 nitrogen and oxygen atoms in total. The maximum absolute atomic E-state index is 12.9. The van der Waals surface area contributed by atoms with E-state index in [0.717, 1.165) is 17.7 Å². The van der Waals surface area contributed by atoms with Crippen molar-refractivity contribution in [2.24, 2.45) is 0 Å². The van der Waals surface area contributed by atoms with E-state index in [1.165, 1.54) is 27.8 Å². The highest BCUT2D eigenvalue weighted by atomic mass is 19.4. The highest BCUT2D eigenvalue weighted by Gasteiger charge is 2.31. The highest BCUT2D eigenvalue weighted by molar-refractivity contribution is 5.98. The van der Waals surface area contributed by atoms with Gasteiger partial charge in [0.2, 0.25) is 0 Å².